The molecule has 0 bridgehead atoms. The number of rotatable bonds is 2. The lowest BCUT2D eigenvalue weighted by atomic mass is 9.92. The molecule has 1 fully saturated rings. The Hall–Kier alpha value is -0.620. The molecule has 0 saturated carbocycles. The largest absolute Gasteiger partial charge is 0.325 e. The number of piperidine rings is 1. The normalized spacial score (nSPS) is 24.4. The number of benzene rings is 1. The summed E-state index contributed by atoms with van der Waals surface area (Å²) in [5.41, 5.74) is 0.870. The number of carbonyl (C=O) groups excluding carboxylic acids is 1. The second-order valence-electron chi connectivity index (χ2n) is 4.55. The molecule has 1 aliphatic heterocycles. The lowest BCUT2D eigenvalue weighted by Gasteiger charge is -2.28. The van der Waals surface area contributed by atoms with Gasteiger partial charge in [0.15, 0.2) is 0 Å². The molecule has 3 nitrogen and oxygen atoms in total. The van der Waals surface area contributed by atoms with E-state index in [1.165, 1.54) is 3.57 Å². The van der Waals surface area contributed by atoms with Crippen molar-refractivity contribution < 1.29 is 4.79 Å². The zero-order chi connectivity index (χ0) is 12.3. The number of carbonyl (C=O) groups is 1. The third-order valence-corrected chi connectivity index (χ3v) is 3.88. The van der Waals surface area contributed by atoms with Crippen LogP contribution in [0.5, 0.6) is 0 Å². The van der Waals surface area contributed by atoms with Crippen molar-refractivity contribution in [3.05, 3.63) is 27.8 Å². The minimum atomic E-state index is -0.0528. The van der Waals surface area contributed by atoms with Gasteiger partial charge < -0.3 is 10.6 Å². The zero-order valence-electron chi connectivity index (χ0n) is 9.87. The van der Waals surface area contributed by atoms with E-state index < -0.39 is 0 Å². The number of nitrogens with one attached hydrogen (secondary N) is 2. The highest BCUT2D eigenvalue weighted by atomic mass is 127. The molecule has 0 aliphatic carbocycles. The fraction of sp³-hybridized carbons (Fsp3) is 0.462. The van der Waals surface area contributed by atoms with E-state index in [4.69, 9.17) is 0 Å². The van der Waals surface area contributed by atoms with E-state index in [0.29, 0.717) is 5.92 Å². The van der Waals surface area contributed by atoms with Crippen LogP contribution < -0.4 is 10.6 Å². The standard InChI is InChI=1S/C13H17IN2O/c1-9-3-2-8-15-12(9)13(17)16-11-6-4-10(14)5-7-11/h4-7,9,12,15H,2-3,8H2,1H3,(H,16,17). The molecule has 2 atom stereocenters. The Kier molecular flexibility index (Phi) is 4.39. The Morgan fingerprint density at radius 2 is 2.12 bits per heavy atom. The predicted octanol–water partition coefficient (Wildman–Crippen LogP) is 2.62. The van der Waals surface area contributed by atoms with Gasteiger partial charge in [-0.3, -0.25) is 4.79 Å². The average molecular weight is 344 g/mol. The Morgan fingerprint density at radius 1 is 1.41 bits per heavy atom. The van der Waals surface area contributed by atoms with E-state index in [-0.39, 0.29) is 11.9 Å². The predicted molar refractivity (Wildman–Crippen MR) is 78.0 cm³/mol. The Morgan fingerprint density at radius 3 is 2.76 bits per heavy atom. The Labute approximate surface area is 116 Å². The molecule has 1 saturated heterocycles. The molecule has 1 heterocycles. The van der Waals surface area contributed by atoms with Crippen LogP contribution in [0.4, 0.5) is 5.69 Å². The molecule has 1 aliphatic rings. The second-order valence-corrected chi connectivity index (χ2v) is 5.79. The van der Waals surface area contributed by atoms with E-state index >= 15 is 0 Å². The smallest absolute Gasteiger partial charge is 0.241 e. The highest BCUT2D eigenvalue weighted by Crippen LogP contribution is 2.18. The molecule has 1 amide bonds. The first-order valence-corrected chi connectivity index (χ1v) is 7.04. The zero-order valence-corrected chi connectivity index (χ0v) is 12.0. The summed E-state index contributed by atoms with van der Waals surface area (Å²) in [6.45, 7) is 3.07. The first-order chi connectivity index (χ1) is 8.16. The van der Waals surface area contributed by atoms with E-state index in [9.17, 15) is 4.79 Å². The van der Waals surface area contributed by atoms with Crippen molar-refractivity contribution in [3.63, 3.8) is 0 Å². The number of hydrogen-bond donors (Lipinski definition) is 2. The van der Waals surface area contributed by atoms with Gasteiger partial charge in [-0.25, -0.2) is 0 Å². The molecule has 2 N–H and O–H groups in total. The van der Waals surface area contributed by atoms with E-state index in [2.05, 4.69) is 40.1 Å². The molecule has 1 aromatic carbocycles. The summed E-state index contributed by atoms with van der Waals surface area (Å²) < 4.78 is 1.17. The molecule has 2 unspecified atom stereocenters. The molecular weight excluding hydrogens is 327 g/mol. The maximum Gasteiger partial charge on any atom is 0.241 e. The van der Waals surface area contributed by atoms with Gasteiger partial charge in [0.25, 0.3) is 0 Å². The van der Waals surface area contributed by atoms with E-state index in [1.807, 2.05) is 24.3 Å². The van der Waals surface area contributed by atoms with Crippen LogP contribution in [0.25, 0.3) is 0 Å². The van der Waals surface area contributed by atoms with Crippen LogP contribution in [0.15, 0.2) is 24.3 Å². The summed E-state index contributed by atoms with van der Waals surface area (Å²) in [5, 5.41) is 6.25. The minimum Gasteiger partial charge on any atom is -0.325 e. The summed E-state index contributed by atoms with van der Waals surface area (Å²) in [6, 6.07) is 7.81. The van der Waals surface area contributed by atoms with Gasteiger partial charge in [0, 0.05) is 9.26 Å². The van der Waals surface area contributed by atoms with Gasteiger partial charge >= 0.3 is 0 Å². The molecule has 17 heavy (non-hydrogen) atoms. The molecule has 2 rings (SSSR count). The number of amides is 1. The van der Waals surface area contributed by atoms with Crippen LogP contribution in [0, 0.1) is 9.49 Å². The number of halogens is 1. The fourth-order valence-electron chi connectivity index (χ4n) is 2.15. The molecule has 1 aromatic rings. The van der Waals surface area contributed by atoms with Crippen LogP contribution in [0.2, 0.25) is 0 Å². The Balaban J connectivity index is 1.98. The fourth-order valence-corrected chi connectivity index (χ4v) is 2.51. The first-order valence-electron chi connectivity index (χ1n) is 5.96. The molecular formula is C13H17IN2O. The van der Waals surface area contributed by atoms with Gasteiger partial charge in [0.05, 0.1) is 6.04 Å². The third kappa shape index (κ3) is 3.42. The maximum atomic E-state index is 12.1. The van der Waals surface area contributed by atoms with Crippen molar-refractivity contribution >= 4 is 34.2 Å². The van der Waals surface area contributed by atoms with Gasteiger partial charge in [0.2, 0.25) is 5.91 Å². The topological polar surface area (TPSA) is 41.1 Å². The SMILES string of the molecule is CC1CCCNC1C(=O)Nc1ccc(I)cc1. The van der Waals surface area contributed by atoms with Gasteiger partial charge in [-0.2, -0.15) is 0 Å². The van der Waals surface area contributed by atoms with Crippen LogP contribution in [0.3, 0.4) is 0 Å². The lowest BCUT2D eigenvalue weighted by Crippen LogP contribution is -2.48. The Bertz CT molecular complexity index is 391. The summed E-state index contributed by atoms with van der Waals surface area (Å²) >= 11 is 2.25. The second kappa shape index (κ2) is 5.82. The summed E-state index contributed by atoms with van der Waals surface area (Å²) in [4.78, 5) is 12.1. The maximum absolute atomic E-state index is 12.1. The summed E-state index contributed by atoms with van der Waals surface area (Å²) in [5.74, 6) is 0.492. The molecule has 0 aromatic heterocycles. The summed E-state index contributed by atoms with van der Waals surface area (Å²) in [7, 11) is 0. The highest BCUT2D eigenvalue weighted by Gasteiger charge is 2.27. The van der Waals surface area contributed by atoms with Crippen LogP contribution in [0.1, 0.15) is 19.8 Å². The van der Waals surface area contributed by atoms with Crippen molar-refractivity contribution in [3.8, 4) is 0 Å². The van der Waals surface area contributed by atoms with Crippen LogP contribution >= 0.6 is 22.6 Å². The van der Waals surface area contributed by atoms with Crippen molar-refractivity contribution in [2.75, 3.05) is 11.9 Å². The van der Waals surface area contributed by atoms with Gasteiger partial charge in [-0.15, -0.1) is 0 Å². The number of hydrogen-bond acceptors (Lipinski definition) is 2. The van der Waals surface area contributed by atoms with Crippen LogP contribution in [-0.2, 0) is 4.79 Å². The van der Waals surface area contributed by atoms with E-state index in [1.54, 1.807) is 0 Å². The quantitative estimate of drug-likeness (QED) is 0.810. The van der Waals surface area contributed by atoms with Gasteiger partial charge in [-0.05, 0) is 72.2 Å². The molecule has 92 valence electrons. The van der Waals surface area contributed by atoms with Crippen molar-refractivity contribution in [1.82, 2.24) is 5.32 Å². The van der Waals surface area contributed by atoms with Crippen molar-refractivity contribution in [1.29, 1.82) is 0 Å². The average Bonchev–Trinajstić information content (AvgIpc) is 2.32. The monoisotopic (exact) mass is 344 g/mol. The third-order valence-electron chi connectivity index (χ3n) is 3.16. The minimum absolute atomic E-state index is 0.0528. The van der Waals surface area contributed by atoms with Crippen molar-refractivity contribution in [2.45, 2.75) is 25.8 Å². The summed E-state index contributed by atoms with van der Waals surface area (Å²) in [6.07, 6.45) is 2.28. The lowest BCUT2D eigenvalue weighted by molar-refractivity contribution is -0.119. The van der Waals surface area contributed by atoms with Crippen molar-refractivity contribution in [2.24, 2.45) is 5.92 Å². The molecule has 0 radical (unpaired) electrons. The van der Waals surface area contributed by atoms with Gasteiger partial charge in [0.1, 0.15) is 0 Å². The highest BCUT2D eigenvalue weighted by molar-refractivity contribution is 14.1. The molecule has 4 heteroatoms. The first kappa shape index (κ1) is 12.8. The molecule has 0 spiro atoms. The van der Waals surface area contributed by atoms with E-state index in [0.717, 1.165) is 25.1 Å². The number of anilines is 1. The van der Waals surface area contributed by atoms with Crippen LogP contribution in [-0.4, -0.2) is 18.5 Å². The van der Waals surface area contributed by atoms with Gasteiger partial charge in [-0.1, -0.05) is 6.92 Å².